The van der Waals surface area contributed by atoms with Crippen LogP contribution in [0, 0.1) is 6.92 Å². The van der Waals surface area contributed by atoms with Crippen LogP contribution in [0.3, 0.4) is 0 Å². The summed E-state index contributed by atoms with van der Waals surface area (Å²) in [7, 11) is 3.57. The van der Waals surface area contributed by atoms with Crippen molar-refractivity contribution in [2.24, 2.45) is 0 Å². The van der Waals surface area contributed by atoms with E-state index in [0.29, 0.717) is 28.9 Å². The molecule has 1 unspecified atom stereocenters. The summed E-state index contributed by atoms with van der Waals surface area (Å²) < 4.78 is 30.0. The van der Waals surface area contributed by atoms with Crippen LogP contribution < -0.4 is 15.0 Å². The second kappa shape index (κ2) is 9.54. The fourth-order valence-electron chi connectivity index (χ4n) is 2.63. The molecule has 7 heteroatoms. The third kappa shape index (κ3) is 6.31. The Labute approximate surface area is 156 Å². The zero-order valence-electron chi connectivity index (χ0n) is 15.0. The molecule has 0 aliphatic heterocycles. The first-order chi connectivity index (χ1) is 12.4. The Hall–Kier alpha value is -2.12. The number of rotatable bonds is 8. The van der Waals surface area contributed by atoms with E-state index in [1.165, 1.54) is 0 Å². The first-order valence-electron chi connectivity index (χ1n) is 8.17. The molecule has 0 fully saturated rings. The van der Waals surface area contributed by atoms with Gasteiger partial charge in [-0.15, -0.1) is 0 Å². The molecule has 1 atom stereocenters. The number of hydrogen-bond donors (Lipinski definition) is 2. The summed E-state index contributed by atoms with van der Waals surface area (Å²) >= 11 is 0.480. The van der Waals surface area contributed by atoms with E-state index in [4.69, 9.17) is 4.74 Å². The summed E-state index contributed by atoms with van der Waals surface area (Å²) in [6.07, 6.45) is 0. The van der Waals surface area contributed by atoms with Crippen molar-refractivity contribution in [2.45, 2.75) is 24.1 Å². The average Bonchev–Trinajstić information content (AvgIpc) is 2.56. The topological polar surface area (TPSA) is 42.8 Å². The van der Waals surface area contributed by atoms with Gasteiger partial charge in [0.15, 0.2) is 6.54 Å². The number of quaternary nitrogens is 1. The molecule has 4 nitrogen and oxygen atoms in total. The zero-order chi connectivity index (χ0) is 19.1. The Morgan fingerprint density at radius 3 is 2.54 bits per heavy atom. The second-order valence-corrected chi connectivity index (χ2v) is 7.14. The first-order valence-corrected chi connectivity index (χ1v) is 9.05. The zero-order valence-corrected chi connectivity index (χ0v) is 15.8. The lowest BCUT2D eigenvalue weighted by Crippen LogP contribution is -3.08. The summed E-state index contributed by atoms with van der Waals surface area (Å²) in [6, 6.07) is 12.4. The van der Waals surface area contributed by atoms with Gasteiger partial charge in [-0.1, -0.05) is 23.4 Å². The Morgan fingerprint density at radius 2 is 1.92 bits per heavy atom. The van der Waals surface area contributed by atoms with Crippen LogP contribution in [0.4, 0.5) is 14.5 Å². The largest absolute Gasteiger partial charge is 0.496 e. The molecule has 140 valence electrons. The van der Waals surface area contributed by atoms with E-state index < -0.39 is 5.76 Å². The summed E-state index contributed by atoms with van der Waals surface area (Å²) in [5.74, 6) is -1.78. The molecule has 0 aliphatic carbocycles. The fourth-order valence-corrected chi connectivity index (χ4v) is 3.13. The Kier molecular flexibility index (Phi) is 7.41. The van der Waals surface area contributed by atoms with Gasteiger partial charge in [-0.25, -0.2) is 0 Å². The number of likely N-dealkylation sites (N-methyl/N-ethyl adjacent to an activating group) is 1. The second-order valence-electron chi connectivity index (χ2n) is 6.08. The van der Waals surface area contributed by atoms with Crippen molar-refractivity contribution in [2.75, 3.05) is 26.0 Å². The smallest absolute Gasteiger partial charge is 0.288 e. The molecule has 1 amide bonds. The van der Waals surface area contributed by atoms with Crippen molar-refractivity contribution in [1.29, 1.82) is 0 Å². The maximum Gasteiger partial charge on any atom is 0.288 e. The number of amides is 1. The normalized spacial score (nSPS) is 12.1. The van der Waals surface area contributed by atoms with Crippen LogP contribution in [-0.2, 0) is 11.3 Å². The highest BCUT2D eigenvalue weighted by Crippen LogP contribution is 2.26. The van der Waals surface area contributed by atoms with E-state index in [0.717, 1.165) is 21.8 Å². The van der Waals surface area contributed by atoms with Crippen molar-refractivity contribution in [3.8, 4) is 5.75 Å². The van der Waals surface area contributed by atoms with Crippen molar-refractivity contribution in [3.63, 3.8) is 0 Å². The highest BCUT2D eigenvalue weighted by molar-refractivity contribution is 7.99. The number of benzene rings is 2. The minimum absolute atomic E-state index is 0.136. The highest BCUT2D eigenvalue weighted by Gasteiger charge is 2.14. The third-order valence-electron chi connectivity index (χ3n) is 3.75. The number of hydrogen-bond acceptors (Lipinski definition) is 3. The monoisotopic (exact) mass is 381 g/mol. The number of methoxy groups -OCH3 is 1. The van der Waals surface area contributed by atoms with E-state index in [1.807, 2.05) is 26.1 Å². The number of anilines is 1. The number of alkyl halides is 2. The summed E-state index contributed by atoms with van der Waals surface area (Å²) in [5.41, 5.74) is 2.78. The predicted molar refractivity (Wildman–Crippen MR) is 100 cm³/mol. The first kappa shape index (κ1) is 20.2. The van der Waals surface area contributed by atoms with E-state index in [2.05, 4.69) is 11.4 Å². The van der Waals surface area contributed by atoms with Gasteiger partial charge in [0.1, 0.15) is 12.3 Å². The Balaban J connectivity index is 1.90. The standard InChI is InChI=1S/C19H22F2N2O2S/c1-13-4-9-17(25-3)14(10-13)11-23(2)12-18(24)22-15-5-7-16(8-6-15)26-19(20)21/h4-10,19H,11-12H2,1-3H3,(H,22,24)/p+1. The molecule has 0 aromatic heterocycles. The minimum Gasteiger partial charge on any atom is -0.496 e. The van der Waals surface area contributed by atoms with Crippen LogP contribution in [0.2, 0.25) is 0 Å². The van der Waals surface area contributed by atoms with Gasteiger partial charge >= 0.3 is 0 Å². The molecular formula is C19H23F2N2O2S+. The van der Waals surface area contributed by atoms with E-state index in [1.54, 1.807) is 31.4 Å². The molecule has 2 rings (SSSR count). The molecule has 2 aromatic rings. The van der Waals surface area contributed by atoms with Crippen molar-refractivity contribution in [1.82, 2.24) is 0 Å². The molecule has 0 bridgehead atoms. The summed E-state index contributed by atoms with van der Waals surface area (Å²) in [6.45, 7) is 2.95. The number of nitrogens with one attached hydrogen (secondary N) is 2. The number of ether oxygens (including phenoxy) is 1. The fraction of sp³-hybridized carbons (Fsp3) is 0.316. The Bertz CT molecular complexity index is 739. The van der Waals surface area contributed by atoms with Gasteiger partial charge in [-0.2, -0.15) is 8.78 Å². The molecule has 0 spiro atoms. The molecule has 26 heavy (non-hydrogen) atoms. The maximum atomic E-state index is 12.3. The van der Waals surface area contributed by atoms with Gasteiger partial charge < -0.3 is 15.0 Å². The lowest BCUT2D eigenvalue weighted by Gasteiger charge is -2.16. The number of carbonyl (C=O) groups excluding carboxylic acids is 1. The minimum atomic E-state index is -2.45. The van der Waals surface area contributed by atoms with E-state index in [9.17, 15) is 13.6 Å². The number of aryl methyl sites for hydroxylation is 1. The Morgan fingerprint density at radius 1 is 1.23 bits per heavy atom. The van der Waals surface area contributed by atoms with Gasteiger partial charge in [0.25, 0.3) is 11.7 Å². The van der Waals surface area contributed by atoms with E-state index in [-0.39, 0.29) is 12.5 Å². The molecule has 2 N–H and O–H groups in total. The number of halogens is 2. The SMILES string of the molecule is COc1ccc(C)cc1C[NH+](C)CC(=O)Nc1ccc(SC(F)F)cc1. The molecule has 0 radical (unpaired) electrons. The quantitative estimate of drug-likeness (QED) is 0.691. The molecular weight excluding hydrogens is 358 g/mol. The van der Waals surface area contributed by atoms with Gasteiger partial charge in [0.05, 0.1) is 14.2 Å². The third-order valence-corrected chi connectivity index (χ3v) is 4.48. The van der Waals surface area contributed by atoms with Crippen LogP contribution in [0.5, 0.6) is 5.75 Å². The van der Waals surface area contributed by atoms with Crippen molar-refractivity contribution < 1.29 is 23.2 Å². The molecule has 0 heterocycles. The average molecular weight is 381 g/mol. The van der Waals surface area contributed by atoms with Gasteiger partial charge in [0, 0.05) is 16.1 Å². The van der Waals surface area contributed by atoms with Gasteiger partial charge in [0.2, 0.25) is 0 Å². The van der Waals surface area contributed by atoms with Crippen LogP contribution >= 0.6 is 11.8 Å². The maximum absolute atomic E-state index is 12.3. The summed E-state index contributed by atoms with van der Waals surface area (Å²) in [4.78, 5) is 13.7. The van der Waals surface area contributed by atoms with Gasteiger partial charge in [-0.05, 0) is 43.3 Å². The van der Waals surface area contributed by atoms with Gasteiger partial charge in [-0.3, -0.25) is 4.79 Å². The molecule has 0 saturated carbocycles. The number of carbonyl (C=O) groups is 1. The van der Waals surface area contributed by atoms with Crippen LogP contribution in [-0.4, -0.2) is 32.4 Å². The number of thioether (sulfide) groups is 1. The van der Waals surface area contributed by atoms with E-state index >= 15 is 0 Å². The summed E-state index contributed by atoms with van der Waals surface area (Å²) in [5, 5.41) is 2.79. The molecule has 2 aromatic carbocycles. The van der Waals surface area contributed by atoms with Crippen LogP contribution in [0.15, 0.2) is 47.4 Å². The van der Waals surface area contributed by atoms with Crippen LogP contribution in [0.25, 0.3) is 0 Å². The van der Waals surface area contributed by atoms with Crippen LogP contribution in [0.1, 0.15) is 11.1 Å². The predicted octanol–water partition coefficient (Wildman–Crippen LogP) is 2.97. The molecule has 0 aliphatic rings. The highest BCUT2D eigenvalue weighted by atomic mass is 32.2. The van der Waals surface area contributed by atoms with Crippen molar-refractivity contribution >= 4 is 23.4 Å². The lowest BCUT2D eigenvalue weighted by atomic mass is 10.1. The van der Waals surface area contributed by atoms with Crippen molar-refractivity contribution in [3.05, 3.63) is 53.6 Å². The lowest BCUT2D eigenvalue weighted by molar-refractivity contribution is -0.885. The molecule has 0 saturated heterocycles.